The first-order chi connectivity index (χ1) is 15.0. The van der Waals surface area contributed by atoms with Crippen LogP contribution in [0.15, 0.2) is 48.5 Å². The van der Waals surface area contributed by atoms with Gasteiger partial charge in [-0.3, -0.25) is 9.59 Å². The molecule has 0 unspecified atom stereocenters. The van der Waals surface area contributed by atoms with Gasteiger partial charge in [-0.1, -0.05) is 30.3 Å². The van der Waals surface area contributed by atoms with E-state index in [4.69, 9.17) is 28.7 Å². The van der Waals surface area contributed by atoms with Gasteiger partial charge in [-0.2, -0.15) is 0 Å². The largest absolute Gasteiger partial charge is 0.460 e. The second-order valence-electron chi connectivity index (χ2n) is 6.12. The third-order valence-electron chi connectivity index (χ3n) is 3.66. The molecule has 0 spiro atoms. The Morgan fingerprint density at radius 1 is 0.710 bits per heavy atom. The van der Waals surface area contributed by atoms with Gasteiger partial charge in [0, 0.05) is 19.4 Å². The molecule has 0 bridgehead atoms. The molecule has 9 heteroatoms. The van der Waals surface area contributed by atoms with Gasteiger partial charge >= 0.3 is 17.9 Å². The van der Waals surface area contributed by atoms with E-state index in [0.29, 0.717) is 11.3 Å². The number of hydrogen-bond acceptors (Lipinski definition) is 9. The van der Waals surface area contributed by atoms with Gasteiger partial charge in [0.05, 0.1) is 13.2 Å². The molecule has 0 fully saturated rings. The van der Waals surface area contributed by atoms with Gasteiger partial charge in [0.2, 0.25) is 0 Å². The van der Waals surface area contributed by atoms with Crippen LogP contribution in [0.5, 0.6) is 11.5 Å². The van der Waals surface area contributed by atoms with Crippen LogP contribution in [0, 0.1) is 0 Å². The van der Waals surface area contributed by atoms with E-state index in [9.17, 15) is 14.4 Å². The Balaban J connectivity index is 1.59. The lowest BCUT2D eigenvalue weighted by Crippen LogP contribution is -2.14. The molecule has 166 valence electrons. The molecule has 0 atom stereocenters. The summed E-state index contributed by atoms with van der Waals surface area (Å²) in [7, 11) is 0. The zero-order chi connectivity index (χ0) is 22.5. The Kier molecular flexibility index (Phi) is 10.2. The zero-order valence-corrected chi connectivity index (χ0v) is 17.3. The van der Waals surface area contributed by atoms with Gasteiger partial charge in [-0.15, -0.1) is 0 Å². The number of carbonyl (C=O) groups is 3. The third-order valence-corrected chi connectivity index (χ3v) is 3.66. The summed E-state index contributed by atoms with van der Waals surface area (Å²) >= 11 is 0. The monoisotopic (exact) mass is 432 g/mol. The van der Waals surface area contributed by atoms with E-state index in [0.717, 1.165) is 0 Å². The fourth-order valence-corrected chi connectivity index (χ4v) is 2.39. The maximum absolute atomic E-state index is 12.1. The molecule has 0 aliphatic heterocycles. The van der Waals surface area contributed by atoms with Crippen molar-refractivity contribution in [3.8, 4) is 11.5 Å². The smallest absolute Gasteiger partial charge is 0.342 e. The molecule has 2 aromatic rings. The number of esters is 3. The molecule has 0 N–H and O–H groups in total. The van der Waals surface area contributed by atoms with Gasteiger partial charge in [-0.05, 0) is 18.2 Å². The topological polar surface area (TPSA) is 107 Å². The summed E-state index contributed by atoms with van der Waals surface area (Å²) in [4.78, 5) is 44.4. The minimum Gasteiger partial charge on any atom is -0.460 e. The SMILES string of the molecule is CC(=O)Oc1ccccc1COOCCOCCOC(=O)c1ccccc1OC(C)=O. The summed E-state index contributed by atoms with van der Waals surface area (Å²) < 4.78 is 20.5. The Morgan fingerprint density at radius 3 is 2.06 bits per heavy atom. The number of para-hydroxylation sites is 2. The van der Waals surface area contributed by atoms with Crippen LogP contribution >= 0.6 is 0 Å². The first-order valence-corrected chi connectivity index (χ1v) is 9.50. The highest BCUT2D eigenvalue weighted by molar-refractivity contribution is 5.93. The summed E-state index contributed by atoms with van der Waals surface area (Å²) in [5.74, 6) is -1.02. The molecule has 0 aliphatic rings. The lowest BCUT2D eigenvalue weighted by atomic mass is 10.2. The molecule has 0 saturated carbocycles. The second kappa shape index (κ2) is 13.1. The van der Waals surface area contributed by atoms with Crippen molar-refractivity contribution in [2.75, 3.05) is 26.4 Å². The molecule has 2 aromatic carbocycles. The molecule has 0 saturated heterocycles. The van der Waals surface area contributed by atoms with Gasteiger partial charge in [0.25, 0.3) is 0 Å². The third kappa shape index (κ3) is 8.95. The molecule has 0 radical (unpaired) electrons. The first-order valence-electron chi connectivity index (χ1n) is 9.50. The zero-order valence-electron chi connectivity index (χ0n) is 17.3. The minimum absolute atomic E-state index is 0.0177. The molecule has 31 heavy (non-hydrogen) atoms. The maximum Gasteiger partial charge on any atom is 0.342 e. The highest BCUT2D eigenvalue weighted by Gasteiger charge is 2.14. The first kappa shape index (κ1) is 24.0. The fraction of sp³-hybridized carbons (Fsp3) is 0.318. The predicted octanol–water partition coefficient (Wildman–Crippen LogP) is 2.86. The lowest BCUT2D eigenvalue weighted by molar-refractivity contribution is -0.308. The number of ether oxygens (including phenoxy) is 4. The van der Waals surface area contributed by atoms with Crippen LogP contribution in [-0.4, -0.2) is 44.3 Å². The van der Waals surface area contributed by atoms with E-state index < -0.39 is 17.9 Å². The summed E-state index contributed by atoms with van der Waals surface area (Å²) in [5.41, 5.74) is 0.822. The van der Waals surface area contributed by atoms with Crippen molar-refractivity contribution in [3.63, 3.8) is 0 Å². The molecule has 0 amide bonds. The highest BCUT2D eigenvalue weighted by atomic mass is 17.2. The molecule has 2 rings (SSSR count). The van der Waals surface area contributed by atoms with Crippen molar-refractivity contribution >= 4 is 17.9 Å². The molecule has 0 aliphatic carbocycles. The van der Waals surface area contributed by atoms with Gasteiger partial charge in [-0.25, -0.2) is 14.6 Å². The highest BCUT2D eigenvalue weighted by Crippen LogP contribution is 2.20. The van der Waals surface area contributed by atoms with E-state index in [2.05, 4.69) is 0 Å². The number of carbonyl (C=O) groups excluding carboxylic acids is 3. The molecule has 0 heterocycles. The minimum atomic E-state index is -0.619. The number of benzene rings is 2. The lowest BCUT2D eigenvalue weighted by Gasteiger charge is -2.10. The Labute approximate surface area is 179 Å². The van der Waals surface area contributed by atoms with Crippen LogP contribution in [-0.2, 0) is 35.4 Å². The Bertz CT molecular complexity index is 879. The molecular weight excluding hydrogens is 408 g/mol. The summed E-state index contributed by atoms with van der Waals surface area (Å²) in [6.45, 7) is 3.21. The molecule has 9 nitrogen and oxygen atoms in total. The predicted molar refractivity (Wildman–Crippen MR) is 107 cm³/mol. The van der Waals surface area contributed by atoms with Crippen molar-refractivity contribution in [2.24, 2.45) is 0 Å². The second-order valence-corrected chi connectivity index (χ2v) is 6.12. The van der Waals surface area contributed by atoms with E-state index >= 15 is 0 Å². The Morgan fingerprint density at radius 2 is 1.32 bits per heavy atom. The van der Waals surface area contributed by atoms with Crippen molar-refractivity contribution in [1.82, 2.24) is 0 Å². The quantitative estimate of drug-likeness (QED) is 0.164. The summed E-state index contributed by atoms with van der Waals surface area (Å²) in [6.07, 6.45) is 0. The van der Waals surface area contributed by atoms with Gasteiger partial charge in [0.15, 0.2) is 0 Å². The molecular formula is C22H24O9. The van der Waals surface area contributed by atoms with E-state index in [1.54, 1.807) is 36.4 Å². The number of hydrogen-bond donors (Lipinski definition) is 0. The van der Waals surface area contributed by atoms with Crippen LogP contribution in [0.4, 0.5) is 0 Å². The van der Waals surface area contributed by atoms with E-state index in [1.165, 1.54) is 26.0 Å². The van der Waals surface area contributed by atoms with E-state index in [1.807, 2.05) is 0 Å². The van der Waals surface area contributed by atoms with Gasteiger partial charge < -0.3 is 18.9 Å². The average molecular weight is 432 g/mol. The summed E-state index contributed by atoms with van der Waals surface area (Å²) in [5, 5.41) is 0. The van der Waals surface area contributed by atoms with Crippen LogP contribution in [0.25, 0.3) is 0 Å². The molecule has 0 aromatic heterocycles. The van der Waals surface area contributed by atoms with E-state index in [-0.39, 0.29) is 44.3 Å². The van der Waals surface area contributed by atoms with Crippen LogP contribution in [0.1, 0.15) is 29.8 Å². The standard InChI is InChI=1S/C22H24O9/c1-16(23)30-20-9-5-3-7-18(20)15-29-28-14-12-26-11-13-27-22(25)19-8-4-6-10-21(19)31-17(2)24/h3-10H,11-15H2,1-2H3. The Hall–Kier alpha value is -3.27. The van der Waals surface area contributed by atoms with Crippen molar-refractivity contribution in [2.45, 2.75) is 20.5 Å². The van der Waals surface area contributed by atoms with Crippen LogP contribution in [0.2, 0.25) is 0 Å². The van der Waals surface area contributed by atoms with Crippen LogP contribution < -0.4 is 9.47 Å². The fourth-order valence-electron chi connectivity index (χ4n) is 2.39. The van der Waals surface area contributed by atoms with Gasteiger partial charge in [0.1, 0.15) is 36.9 Å². The number of rotatable bonds is 12. The van der Waals surface area contributed by atoms with Crippen LogP contribution in [0.3, 0.4) is 0 Å². The van der Waals surface area contributed by atoms with Crippen molar-refractivity contribution in [1.29, 1.82) is 0 Å². The average Bonchev–Trinajstić information content (AvgIpc) is 2.73. The van der Waals surface area contributed by atoms with Crippen molar-refractivity contribution in [3.05, 3.63) is 59.7 Å². The maximum atomic E-state index is 12.1. The van der Waals surface area contributed by atoms with Crippen molar-refractivity contribution < 1.29 is 43.1 Å². The summed E-state index contributed by atoms with van der Waals surface area (Å²) in [6, 6.07) is 13.3. The normalized spacial score (nSPS) is 10.4.